The Hall–Kier alpha value is -3.85. The van der Waals surface area contributed by atoms with Crippen LogP contribution >= 0.6 is 0 Å². The molecule has 1 aliphatic rings. The van der Waals surface area contributed by atoms with Crippen molar-refractivity contribution in [3.05, 3.63) is 133 Å². The van der Waals surface area contributed by atoms with Crippen LogP contribution in [0, 0.1) is 12.1 Å². The van der Waals surface area contributed by atoms with Gasteiger partial charge in [0.1, 0.15) is 0 Å². The maximum atomic E-state index is 4.89. The van der Waals surface area contributed by atoms with E-state index in [4.69, 9.17) is 4.98 Å². The summed E-state index contributed by atoms with van der Waals surface area (Å²) >= 11 is 0. The van der Waals surface area contributed by atoms with Crippen molar-refractivity contribution in [2.24, 2.45) is 0 Å². The summed E-state index contributed by atoms with van der Waals surface area (Å²) in [6, 6.07) is 40.1. The molecular formula is C35H28IrN3. The van der Waals surface area contributed by atoms with Crippen LogP contribution in [0.25, 0.3) is 44.7 Å². The quantitative estimate of drug-likeness (QED) is 0.176. The molecule has 4 heteroatoms. The zero-order chi connectivity index (χ0) is 26.0. The summed E-state index contributed by atoms with van der Waals surface area (Å²) in [6.45, 7) is 4.61. The summed E-state index contributed by atoms with van der Waals surface area (Å²) in [7, 11) is 0. The number of para-hydroxylation sites is 1. The summed E-state index contributed by atoms with van der Waals surface area (Å²) in [6.07, 6.45) is 5.55. The van der Waals surface area contributed by atoms with Crippen molar-refractivity contribution in [2.75, 3.05) is 0 Å². The van der Waals surface area contributed by atoms with Crippen LogP contribution in [-0.4, -0.2) is 9.97 Å². The van der Waals surface area contributed by atoms with E-state index in [0.717, 1.165) is 41.0 Å². The predicted molar refractivity (Wildman–Crippen MR) is 155 cm³/mol. The molecule has 3 nitrogen and oxygen atoms in total. The first kappa shape index (κ1) is 26.7. The third kappa shape index (κ3) is 4.87. The monoisotopic (exact) mass is 683 g/mol. The van der Waals surface area contributed by atoms with Crippen molar-refractivity contribution in [2.45, 2.75) is 32.1 Å². The van der Waals surface area contributed by atoms with Gasteiger partial charge < -0.3 is 9.97 Å². The third-order valence-electron chi connectivity index (χ3n) is 7.69. The van der Waals surface area contributed by atoms with E-state index in [-0.39, 0.29) is 25.5 Å². The van der Waals surface area contributed by atoms with Crippen LogP contribution in [0.15, 0.2) is 109 Å². The molecule has 0 atom stereocenters. The maximum absolute atomic E-state index is 4.89. The zero-order valence-corrected chi connectivity index (χ0v) is 24.4. The normalized spacial score (nSPS) is 12.6. The van der Waals surface area contributed by atoms with E-state index in [1.165, 1.54) is 27.6 Å². The number of imidazole rings is 1. The molecule has 0 amide bonds. The topological polar surface area (TPSA) is 39.9 Å². The van der Waals surface area contributed by atoms with Gasteiger partial charge in [0.25, 0.3) is 0 Å². The third-order valence-corrected chi connectivity index (χ3v) is 7.69. The van der Waals surface area contributed by atoms with Crippen LogP contribution in [0.2, 0.25) is 0 Å². The molecule has 2 heterocycles. The Morgan fingerprint density at radius 3 is 2.33 bits per heavy atom. The number of rotatable bonds is 4. The number of pyridine rings is 1. The van der Waals surface area contributed by atoms with Crippen molar-refractivity contribution < 1.29 is 20.1 Å². The van der Waals surface area contributed by atoms with E-state index in [2.05, 4.69) is 103 Å². The van der Waals surface area contributed by atoms with Gasteiger partial charge in [-0.05, 0) is 35.6 Å². The van der Waals surface area contributed by atoms with Crippen molar-refractivity contribution >= 4 is 10.9 Å². The Morgan fingerprint density at radius 1 is 0.769 bits per heavy atom. The molecule has 7 rings (SSSR count). The molecule has 0 fully saturated rings. The molecule has 2 aromatic heterocycles. The molecule has 0 unspecified atom stereocenters. The average Bonchev–Trinajstić information content (AvgIpc) is 3.63. The zero-order valence-electron chi connectivity index (χ0n) is 22.0. The predicted octanol–water partition coefficient (Wildman–Crippen LogP) is 8.29. The molecule has 6 aromatic rings. The number of hydrogen-bond donors (Lipinski definition) is 0. The van der Waals surface area contributed by atoms with Gasteiger partial charge in [0.2, 0.25) is 0 Å². The van der Waals surface area contributed by atoms with Crippen LogP contribution in [-0.2, 0) is 25.5 Å². The van der Waals surface area contributed by atoms with E-state index < -0.39 is 0 Å². The number of aromatic nitrogens is 3. The van der Waals surface area contributed by atoms with Gasteiger partial charge in [0.05, 0.1) is 5.52 Å². The molecular weight excluding hydrogens is 655 g/mol. The second-order valence-electron chi connectivity index (χ2n) is 9.55. The number of nitrogens with zero attached hydrogens (tertiary/aromatic N) is 3. The van der Waals surface area contributed by atoms with Crippen molar-refractivity contribution in [3.63, 3.8) is 0 Å². The van der Waals surface area contributed by atoms with Gasteiger partial charge in [-0.25, -0.2) is 0 Å². The minimum absolute atomic E-state index is 0. The van der Waals surface area contributed by atoms with Crippen LogP contribution in [0.4, 0.5) is 0 Å². The molecule has 0 spiro atoms. The molecule has 0 saturated carbocycles. The van der Waals surface area contributed by atoms with Gasteiger partial charge in [-0.1, -0.05) is 92.0 Å². The minimum atomic E-state index is 0. The van der Waals surface area contributed by atoms with Gasteiger partial charge in [0, 0.05) is 5.41 Å². The van der Waals surface area contributed by atoms with Gasteiger partial charge in [-0.15, -0.1) is 65.5 Å². The molecule has 0 aliphatic heterocycles. The van der Waals surface area contributed by atoms with E-state index in [1.54, 1.807) is 12.4 Å². The van der Waals surface area contributed by atoms with Crippen molar-refractivity contribution in [1.29, 1.82) is 0 Å². The Labute approximate surface area is 243 Å². The van der Waals surface area contributed by atoms with E-state index in [9.17, 15) is 0 Å². The van der Waals surface area contributed by atoms with E-state index >= 15 is 0 Å². The van der Waals surface area contributed by atoms with Gasteiger partial charge in [-0.2, -0.15) is 5.56 Å². The van der Waals surface area contributed by atoms with Crippen LogP contribution < -0.4 is 4.98 Å². The average molecular weight is 683 g/mol. The molecule has 4 aromatic carbocycles. The summed E-state index contributed by atoms with van der Waals surface area (Å²) in [5.74, 6) is 0.741. The first-order chi connectivity index (χ1) is 18.7. The van der Waals surface area contributed by atoms with Gasteiger partial charge in [0.15, 0.2) is 0 Å². The molecule has 0 N–H and O–H groups in total. The second-order valence-corrected chi connectivity index (χ2v) is 9.55. The number of benzene rings is 4. The molecule has 0 radical (unpaired) electrons. The molecule has 1 aliphatic carbocycles. The van der Waals surface area contributed by atoms with Crippen LogP contribution in [0.1, 0.15) is 37.8 Å². The molecule has 192 valence electrons. The fraction of sp³-hybridized carbons (Fsp3) is 0.143. The minimum Gasteiger partial charge on any atom is -0.490 e. The molecule has 39 heavy (non-hydrogen) atoms. The van der Waals surface area contributed by atoms with Crippen molar-refractivity contribution in [1.82, 2.24) is 15.0 Å². The maximum Gasteiger partial charge on any atom is 3.00 e. The fourth-order valence-corrected chi connectivity index (χ4v) is 5.68. The summed E-state index contributed by atoms with van der Waals surface area (Å²) in [4.78, 5) is 13.0. The molecule has 0 bridgehead atoms. The number of fused-ring (bicyclic) bond motifs is 4. The summed E-state index contributed by atoms with van der Waals surface area (Å²) in [5, 5.41) is 1.17. The summed E-state index contributed by atoms with van der Waals surface area (Å²) in [5.41, 5.74) is 9.73. The first-order valence-corrected chi connectivity index (χ1v) is 13.2. The Balaban J connectivity index is 0.000000216. The van der Waals surface area contributed by atoms with Crippen LogP contribution in [0.5, 0.6) is 0 Å². The SMILES string of the molecule is CCC1(CC)c2ccccc2-c2c[c-]c(-c3ccc4ccccc4n3)cc21.[Ir+3].[c-]1ccccc1-c1ncc[n-]1. The Morgan fingerprint density at radius 2 is 1.56 bits per heavy atom. The second kappa shape index (κ2) is 11.5. The largest absolute Gasteiger partial charge is 3.00 e. The van der Waals surface area contributed by atoms with Crippen molar-refractivity contribution in [3.8, 4) is 33.8 Å². The van der Waals surface area contributed by atoms with Crippen LogP contribution in [0.3, 0.4) is 0 Å². The first-order valence-electron chi connectivity index (χ1n) is 13.2. The van der Waals surface area contributed by atoms with Gasteiger partial charge >= 0.3 is 20.1 Å². The standard InChI is InChI=1S/C26H22N.C9H6N2.Ir/c1-3-26(4-2)22-11-7-6-10-20(22)21-15-13-19(17-23(21)26)25-16-14-18-9-5-8-12-24(18)27-25;1-2-4-8(5-3-1)9-10-6-7-11-9;/h5-12,14-17H,3-4H2,1-2H3;1-4,6-7H;/q-1;-2;+3. The van der Waals surface area contributed by atoms with Gasteiger partial charge in [-0.3, -0.25) is 4.98 Å². The smallest absolute Gasteiger partial charge is 0.490 e. The summed E-state index contributed by atoms with van der Waals surface area (Å²) < 4.78 is 0. The van der Waals surface area contributed by atoms with E-state index in [1.807, 2.05) is 30.3 Å². The fourth-order valence-electron chi connectivity index (χ4n) is 5.68. The number of hydrogen-bond acceptors (Lipinski definition) is 2. The molecule has 0 saturated heterocycles. The van der Waals surface area contributed by atoms with E-state index in [0.29, 0.717) is 0 Å². The Kier molecular flexibility index (Phi) is 7.88. The Bertz CT molecular complexity index is 1690.